The van der Waals surface area contributed by atoms with E-state index in [1.54, 1.807) is 11.4 Å². The molecule has 34 heavy (non-hydrogen) atoms. The Morgan fingerprint density at radius 2 is 1.88 bits per heavy atom. The van der Waals surface area contributed by atoms with Gasteiger partial charge in [-0.2, -0.15) is 23.4 Å². The van der Waals surface area contributed by atoms with Gasteiger partial charge < -0.3 is 16.0 Å². The maximum atomic E-state index is 13.9. The maximum Gasteiger partial charge on any atom is 0.432 e. The minimum atomic E-state index is -5.00. The first-order valence-corrected chi connectivity index (χ1v) is 10.8. The number of fused-ring (bicyclic) bond motifs is 1. The summed E-state index contributed by atoms with van der Waals surface area (Å²) >= 11 is 13.3. The smallest absolute Gasteiger partial charge is 0.349 e. The zero-order valence-electron chi connectivity index (χ0n) is 16.6. The van der Waals surface area contributed by atoms with Crippen LogP contribution in [0.25, 0.3) is 15.9 Å². The highest BCUT2D eigenvalue weighted by Gasteiger charge is 2.38. The van der Waals surface area contributed by atoms with Gasteiger partial charge in [-0.05, 0) is 17.5 Å². The highest BCUT2D eigenvalue weighted by molar-refractivity contribution is 7.17. The number of pyridine rings is 2. The van der Waals surface area contributed by atoms with Crippen molar-refractivity contribution in [3.8, 4) is 5.82 Å². The van der Waals surface area contributed by atoms with Crippen LogP contribution in [-0.4, -0.2) is 43.3 Å². The molecule has 0 aliphatic heterocycles. The fourth-order valence-corrected chi connectivity index (χ4v) is 4.20. The topological polar surface area (TPSA) is 121 Å². The number of amides is 1. The molecule has 0 aliphatic carbocycles. The molecule has 0 saturated carbocycles. The Hall–Kier alpha value is -3.55. The van der Waals surface area contributed by atoms with Gasteiger partial charge in [-0.1, -0.05) is 23.2 Å². The SMILES string of the molecule is N=C/C(C(=O)Nc1cnc(-n2nccn2)c(Cl)c1)=C(\Nc1cnc(Cl)c2sccc12)C(F)(F)F. The Labute approximate surface area is 202 Å². The first-order chi connectivity index (χ1) is 16.2. The number of nitrogens with one attached hydrogen (secondary N) is 3. The van der Waals surface area contributed by atoms with E-state index >= 15 is 0 Å². The number of halogens is 5. The summed E-state index contributed by atoms with van der Waals surface area (Å²) in [7, 11) is 0. The quantitative estimate of drug-likeness (QED) is 0.182. The second-order valence-corrected chi connectivity index (χ2v) is 8.17. The minimum Gasteiger partial charge on any atom is -0.349 e. The van der Waals surface area contributed by atoms with Crippen molar-refractivity contribution in [3.63, 3.8) is 0 Å². The summed E-state index contributed by atoms with van der Waals surface area (Å²) in [6.07, 6.45) is 0.395. The molecule has 4 rings (SSSR count). The van der Waals surface area contributed by atoms with E-state index in [-0.39, 0.29) is 27.4 Å². The van der Waals surface area contributed by atoms with Crippen LogP contribution in [0.5, 0.6) is 0 Å². The van der Waals surface area contributed by atoms with Crippen molar-refractivity contribution < 1.29 is 18.0 Å². The molecule has 0 spiro atoms. The molecule has 9 nitrogen and oxygen atoms in total. The second-order valence-electron chi connectivity index (χ2n) is 6.48. The fourth-order valence-electron chi connectivity index (χ4n) is 2.88. The molecule has 0 aromatic carbocycles. The van der Waals surface area contributed by atoms with E-state index in [1.165, 1.54) is 36.0 Å². The van der Waals surface area contributed by atoms with Crippen molar-refractivity contribution in [1.29, 1.82) is 5.41 Å². The Kier molecular flexibility index (Phi) is 6.50. The number of thiophene rings is 1. The van der Waals surface area contributed by atoms with Gasteiger partial charge in [0.25, 0.3) is 5.91 Å². The molecule has 0 unspecified atom stereocenters. The molecular weight excluding hydrogens is 516 g/mol. The molecule has 0 fully saturated rings. The number of alkyl halides is 3. The first-order valence-electron chi connectivity index (χ1n) is 9.13. The molecule has 1 amide bonds. The summed E-state index contributed by atoms with van der Waals surface area (Å²) in [4.78, 5) is 21.8. The number of hydrogen-bond acceptors (Lipinski definition) is 8. The van der Waals surface area contributed by atoms with Crippen LogP contribution >= 0.6 is 34.5 Å². The fraction of sp³-hybridized carbons (Fsp3) is 0.0526. The van der Waals surface area contributed by atoms with Gasteiger partial charge in [0.2, 0.25) is 0 Å². The lowest BCUT2D eigenvalue weighted by molar-refractivity contribution is -0.114. The molecule has 4 aromatic rings. The minimum absolute atomic E-state index is 0.000153. The number of allylic oxidation sites excluding steroid dienone is 1. The molecule has 4 aromatic heterocycles. The van der Waals surface area contributed by atoms with E-state index in [9.17, 15) is 18.0 Å². The Morgan fingerprint density at radius 3 is 2.53 bits per heavy atom. The lowest BCUT2D eigenvalue weighted by Gasteiger charge is -2.18. The number of nitrogens with zero attached hydrogens (tertiary/aromatic N) is 5. The van der Waals surface area contributed by atoms with Crippen LogP contribution < -0.4 is 10.6 Å². The van der Waals surface area contributed by atoms with Gasteiger partial charge in [0.1, 0.15) is 10.9 Å². The van der Waals surface area contributed by atoms with Crippen molar-refractivity contribution in [1.82, 2.24) is 25.0 Å². The second kappa shape index (κ2) is 9.37. The van der Waals surface area contributed by atoms with Gasteiger partial charge in [-0.3, -0.25) is 4.79 Å². The van der Waals surface area contributed by atoms with Crippen LogP contribution in [0.4, 0.5) is 24.5 Å². The highest BCUT2D eigenvalue weighted by Crippen LogP contribution is 2.36. The predicted molar refractivity (Wildman–Crippen MR) is 123 cm³/mol. The highest BCUT2D eigenvalue weighted by atomic mass is 35.5. The lowest BCUT2D eigenvalue weighted by Crippen LogP contribution is -2.27. The summed E-state index contributed by atoms with van der Waals surface area (Å²) in [5.41, 5.74) is -2.45. The summed E-state index contributed by atoms with van der Waals surface area (Å²) in [5.74, 6) is -1.05. The third-order valence-electron chi connectivity index (χ3n) is 4.34. The molecule has 0 saturated heterocycles. The number of carbonyl (C=O) groups is 1. The van der Waals surface area contributed by atoms with Crippen molar-refractivity contribution in [2.75, 3.05) is 10.6 Å². The molecule has 0 radical (unpaired) electrons. The standard InChI is InChI=1S/C19H11Cl2F3N8OS/c20-12-5-9(7-27-17(12)32-28-2-3-29-32)30-18(33)11(6-25)15(19(22,23)24)31-13-8-26-16(21)14-10(13)1-4-34-14/h1-8,25,31H,(H,30,33)/b15-11+,25-6?. The Balaban J connectivity index is 1.68. The van der Waals surface area contributed by atoms with E-state index in [4.69, 9.17) is 28.6 Å². The monoisotopic (exact) mass is 526 g/mol. The zero-order chi connectivity index (χ0) is 24.5. The van der Waals surface area contributed by atoms with Crippen LogP contribution in [0.1, 0.15) is 0 Å². The van der Waals surface area contributed by atoms with Crippen LogP contribution in [0, 0.1) is 5.41 Å². The average Bonchev–Trinajstić information content (AvgIpc) is 3.47. The molecule has 0 atom stereocenters. The van der Waals surface area contributed by atoms with Gasteiger partial charge in [0.15, 0.2) is 5.82 Å². The van der Waals surface area contributed by atoms with E-state index in [0.717, 1.165) is 11.0 Å². The third kappa shape index (κ3) is 4.71. The summed E-state index contributed by atoms with van der Waals surface area (Å²) < 4.78 is 42.2. The zero-order valence-corrected chi connectivity index (χ0v) is 18.9. The van der Waals surface area contributed by atoms with Gasteiger partial charge in [-0.15, -0.1) is 16.1 Å². The first kappa shape index (κ1) is 23.6. The van der Waals surface area contributed by atoms with Crippen molar-refractivity contribution in [2.45, 2.75) is 6.18 Å². The molecule has 174 valence electrons. The van der Waals surface area contributed by atoms with Gasteiger partial charge in [-0.25, -0.2) is 9.97 Å². The number of rotatable bonds is 6. The Bertz CT molecular complexity index is 1420. The number of aromatic nitrogens is 5. The van der Waals surface area contributed by atoms with Crippen LogP contribution in [0.2, 0.25) is 10.2 Å². The van der Waals surface area contributed by atoms with Crippen LogP contribution in [0.3, 0.4) is 0 Å². The molecular formula is C19H11Cl2F3N8OS. The molecule has 4 heterocycles. The van der Waals surface area contributed by atoms with E-state index in [0.29, 0.717) is 16.3 Å². The average molecular weight is 527 g/mol. The van der Waals surface area contributed by atoms with E-state index < -0.39 is 23.4 Å². The van der Waals surface area contributed by atoms with Crippen molar-refractivity contribution in [3.05, 3.63) is 63.7 Å². The van der Waals surface area contributed by atoms with Crippen LogP contribution in [0.15, 0.2) is 53.6 Å². The molecule has 0 aliphatic rings. The van der Waals surface area contributed by atoms with Gasteiger partial charge in [0, 0.05) is 11.6 Å². The third-order valence-corrected chi connectivity index (χ3v) is 5.94. The van der Waals surface area contributed by atoms with E-state index in [2.05, 4.69) is 30.8 Å². The van der Waals surface area contributed by atoms with Crippen molar-refractivity contribution in [2.24, 2.45) is 0 Å². The summed E-state index contributed by atoms with van der Waals surface area (Å²) in [6.45, 7) is 0. The molecule has 15 heteroatoms. The van der Waals surface area contributed by atoms with Gasteiger partial charge >= 0.3 is 6.18 Å². The summed E-state index contributed by atoms with van der Waals surface area (Å²) in [5, 5.41) is 21.9. The maximum absolute atomic E-state index is 13.9. The van der Waals surface area contributed by atoms with Gasteiger partial charge in [0.05, 0.1) is 51.5 Å². The van der Waals surface area contributed by atoms with Crippen molar-refractivity contribution >= 4 is 68.1 Å². The molecule has 0 bridgehead atoms. The number of hydrogen-bond donors (Lipinski definition) is 3. The normalized spacial score (nSPS) is 12.4. The predicted octanol–water partition coefficient (Wildman–Crippen LogP) is 5.10. The Morgan fingerprint density at radius 1 is 1.15 bits per heavy atom. The van der Waals surface area contributed by atoms with E-state index in [1.807, 2.05) is 0 Å². The van der Waals surface area contributed by atoms with Crippen LogP contribution in [-0.2, 0) is 4.79 Å². The molecule has 3 N–H and O–H groups in total. The lowest BCUT2D eigenvalue weighted by atomic mass is 10.1. The number of carbonyl (C=O) groups excluding carboxylic acids is 1. The summed E-state index contributed by atoms with van der Waals surface area (Å²) in [6, 6.07) is 2.84. The number of anilines is 2. The largest absolute Gasteiger partial charge is 0.432 e.